The molecule has 3 aromatic rings. The molecule has 2 N–H and O–H groups in total. The molecule has 0 amide bonds. The molecule has 0 unspecified atom stereocenters. The first-order valence-corrected chi connectivity index (χ1v) is 9.88. The zero-order valence-corrected chi connectivity index (χ0v) is 17.4. The quantitative estimate of drug-likeness (QED) is 0.453. The van der Waals surface area contributed by atoms with Gasteiger partial charge in [0.2, 0.25) is 5.89 Å². The van der Waals surface area contributed by atoms with Gasteiger partial charge in [-0.3, -0.25) is 0 Å². The minimum absolute atomic E-state index is 0.544. The number of hydrogen-bond acceptors (Lipinski definition) is 4. The van der Waals surface area contributed by atoms with Gasteiger partial charge in [0.1, 0.15) is 6.26 Å². The van der Waals surface area contributed by atoms with Crippen molar-refractivity contribution >= 4 is 5.96 Å². The second-order valence-corrected chi connectivity index (χ2v) is 7.12. The van der Waals surface area contributed by atoms with Crippen molar-refractivity contribution in [3.05, 3.63) is 77.7 Å². The van der Waals surface area contributed by atoms with Crippen LogP contribution < -0.4 is 10.6 Å². The third-order valence-electron chi connectivity index (χ3n) is 4.26. The van der Waals surface area contributed by atoms with E-state index in [4.69, 9.17) is 9.41 Å². The Kier molecular flexibility index (Phi) is 7.41. The molecule has 0 aliphatic heterocycles. The summed E-state index contributed by atoms with van der Waals surface area (Å²) < 4.78 is 5.60. The topological polar surface area (TPSA) is 65.7 Å². The lowest BCUT2D eigenvalue weighted by molar-refractivity contribution is 0.402. The van der Waals surface area contributed by atoms with E-state index in [0.29, 0.717) is 19.0 Å². The van der Waals surface area contributed by atoms with Gasteiger partial charge in [-0.1, -0.05) is 42.5 Å². The Morgan fingerprint density at radius 1 is 1.03 bits per heavy atom. The molecule has 0 atom stereocenters. The van der Waals surface area contributed by atoms with Crippen LogP contribution in [0.1, 0.15) is 23.7 Å². The van der Waals surface area contributed by atoms with Crippen molar-refractivity contribution in [3.63, 3.8) is 0 Å². The molecule has 0 saturated heterocycles. The van der Waals surface area contributed by atoms with Crippen molar-refractivity contribution in [3.8, 4) is 11.5 Å². The van der Waals surface area contributed by atoms with Crippen molar-refractivity contribution in [2.24, 2.45) is 4.99 Å². The normalized spacial score (nSPS) is 11.7. The highest BCUT2D eigenvalue weighted by Gasteiger charge is 2.07. The van der Waals surface area contributed by atoms with Gasteiger partial charge in [0.15, 0.2) is 5.96 Å². The van der Waals surface area contributed by atoms with Crippen LogP contribution in [-0.2, 0) is 19.6 Å². The monoisotopic (exact) mass is 391 g/mol. The summed E-state index contributed by atoms with van der Waals surface area (Å²) in [6, 6.07) is 18.4. The van der Waals surface area contributed by atoms with Gasteiger partial charge in [-0.15, -0.1) is 0 Å². The Hall–Kier alpha value is -3.12. The van der Waals surface area contributed by atoms with Gasteiger partial charge in [0.05, 0.1) is 18.8 Å². The highest BCUT2D eigenvalue weighted by molar-refractivity contribution is 5.79. The first-order valence-electron chi connectivity index (χ1n) is 9.88. The predicted octanol–water partition coefficient (Wildman–Crippen LogP) is 3.66. The number of nitrogens with zero attached hydrogens (tertiary/aromatic N) is 3. The lowest BCUT2D eigenvalue weighted by Crippen LogP contribution is -2.36. The van der Waals surface area contributed by atoms with Crippen molar-refractivity contribution in [2.75, 3.05) is 20.6 Å². The standard InChI is InChI=1S/C23H29N5O/c1-4-24-23(25-14-18-9-8-10-19(13-18)16-28(2)3)26-15-21-17-29-22(27-21)20-11-6-5-7-12-20/h5-13,17H,4,14-16H2,1-3H3,(H2,24,25,26). The largest absolute Gasteiger partial charge is 0.444 e. The van der Waals surface area contributed by atoms with Crippen LogP contribution in [0.4, 0.5) is 0 Å². The van der Waals surface area contributed by atoms with Crippen LogP contribution in [0.3, 0.4) is 0 Å². The minimum Gasteiger partial charge on any atom is -0.444 e. The summed E-state index contributed by atoms with van der Waals surface area (Å²) in [5.41, 5.74) is 4.28. The maximum absolute atomic E-state index is 5.60. The summed E-state index contributed by atoms with van der Waals surface area (Å²) >= 11 is 0. The highest BCUT2D eigenvalue weighted by atomic mass is 16.3. The molecule has 0 spiro atoms. The van der Waals surface area contributed by atoms with E-state index < -0.39 is 0 Å². The van der Waals surface area contributed by atoms with E-state index in [1.807, 2.05) is 30.3 Å². The van der Waals surface area contributed by atoms with Gasteiger partial charge in [0, 0.05) is 18.7 Å². The summed E-state index contributed by atoms with van der Waals surface area (Å²) in [6.07, 6.45) is 1.68. The number of nitrogens with one attached hydrogen (secondary N) is 2. The fraction of sp³-hybridized carbons (Fsp3) is 0.304. The molecule has 29 heavy (non-hydrogen) atoms. The first-order chi connectivity index (χ1) is 14.1. The molecule has 152 valence electrons. The van der Waals surface area contributed by atoms with Crippen LogP contribution in [0.15, 0.2) is 70.3 Å². The summed E-state index contributed by atoms with van der Waals surface area (Å²) in [6.45, 7) is 4.93. The zero-order valence-electron chi connectivity index (χ0n) is 17.4. The maximum Gasteiger partial charge on any atom is 0.226 e. The molecule has 0 radical (unpaired) electrons. The predicted molar refractivity (Wildman–Crippen MR) is 117 cm³/mol. The lowest BCUT2D eigenvalue weighted by Gasteiger charge is -2.12. The molecule has 0 saturated carbocycles. The van der Waals surface area contributed by atoms with Crippen molar-refractivity contribution in [1.29, 1.82) is 0 Å². The Bertz CT molecular complexity index is 918. The summed E-state index contributed by atoms with van der Waals surface area (Å²) in [5.74, 6) is 1.39. The molecule has 3 rings (SSSR count). The zero-order chi connectivity index (χ0) is 20.5. The van der Waals surface area contributed by atoms with E-state index >= 15 is 0 Å². The molecule has 1 heterocycles. The number of rotatable bonds is 8. The highest BCUT2D eigenvalue weighted by Crippen LogP contribution is 2.17. The van der Waals surface area contributed by atoms with Crippen LogP contribution in [0, 0.1) is 0 Å². The lowest BCUT2D eigenvalue weighted by atomic mass is 10.1. The smallest absolute Gasteiger partial charge is 0.226 e. The first kappa shape index (κ1) is 20.6. The third-order valence-corrected chi connectivity index (χ3v) is 4.26. The second kappa shape index (κ2) is 10.4. The van der Waals surface area contributed by atoms with Crippen molar-refractivity contribution in [2.45, 2.75) is 26.6 Å². The van der Waals surface area contributed by atoms with Gasteiger partial charge in [0.25, 0.3) is 0 Å². The summed E-state index contributed by atoms with van der Waals surface area (Å²) in [4.78, 5) is 11.4. The molecular formula is C23H29N5O. The van der Waals surface area contributed by atoms with Crippen molar-refractivity contribution < 1.29 is 4.42 Å². The van der Waals surface area contributed by atoms with Crippen molar-refractivity contribution in [1.82, 2.24) is 20.5 Å². The Balaban J connectivity index is 1.61. The Morgan fingerprint density at radius 2 is 1.83 bits per heavy atom. The fourth-order valence-corrected chi connectivity index (χ4v) is 2.98. The number of hydrogen-bond donors (Lipinski definition) is 2. The number of aromatic nitrogens is 1. The number of aliphatic imine (C=N–C) groups is 1. The second-order valence-electron chi connectivity index (χ2n) is 7.12. The number of guanidine groups is 1. The van der Waals surface area contributed by atoms with Crippen LogP contribution in [-0.4, -0.2) is 36.5 Å². The molecule has 0 fully saturated rings. The summed E-state index contributed by atoms with van der Waals surface area (Å²) in [7, 11) is 4.15. The average molecular weight is 392 g/mol. The average Bonchev–Trinajstić information content (AvgIpc) is 3.20. The van der Waals surface area contributed by atoms with E-state index in [0.717, 1.165) is 30.3 Å². The van der Waals surface area contributed by atoms with E-state index in [9.17, 15) is 0 Å². The SMILES string of the molecule is CCNC(=NCc1cccc(CN(C)C)c1)NCc1coc(-c2ccccc2)n1. The third kappa shape index (κ3) is 6.47. The maximum atomic E-state index is 5.60. The minimum atomic E-state index is 0.544. The molecule has 0 aliphatic rings. The van der Waals surface area contributed by atoms with Gasteiger partial charge in [-0.2, -0.15) is 0 Å². The Labute approximate surface area is 172 Å². The molecule has 0 bridgehead atoms. The van der Waals surface area contributed by atoms with E-state index in [1.54, 1.807) is 6.26 Å². The molecule has 1 aromatic heterocycles. The molecule has 6 heteroatoms. The number of oxazole rings is 1. The van der Waals surface area contributed by atoms with Gasteiger partial charge >= 0.3 is 0 Å². The number of benzene rings is 2. The van der Waals surface area contributed by atoms with Crippen LogP contribution >= 0.6 is 0 Å². The van der Waals surface area contributed by atoms with Gasteiger partial charge < -0.3 is 20.0 Å². The molecular weight excluding hydrogens is 362 g/mol. The van der Waals surface area contributed by atoms with E-state index in [1.165, 1.54) is 11.1 Å². The van der Waals surface area contributed by atoms with Gasteiger partial charge in [-0.25, -0.2) is 9.98 Å². The van der Waals surface area contributed by atoms with Crippen LogP contribution in [0.25, 0.3) is 11.5 Å². The molecule has 0 aliphatic carbocycles. The van der Waals surface area contributed by atoms with Crippen LogP contribution in [0.5, 0.6) is 0 Å². The Morgan fingerprint density at radius 3 is 2.59 bits per heavy atom. The van der Waals surface area contributed by atoms with E-state index in [2.05, 4.69) is 65.8 Å². The molecule has 6 nitrogen and oxygen atoms in total. The summed E-state index contributed by atoms with van der Waals surface area (Å²) in [5, 5.41) is 6.61. The van der Waals surface area contributed by atoms with E-state index in [-0.39, 0.29) is 0 Å². The fourth-order valence-electron chi connectivity index (χ4n) is 2.98. The molecule has 2 aromatic carbocycles. The van der Waals surface area contributed by atoms with Crippen LogP contribution in [0.2, 0.25) is 0 Å². The van der Waals surface area contributed by atoms with Gasteiger partial charge in [-0.05, 0) is 44.3 Å².